The van der Waals surface area contributed by atoms with Gasteiger partial charge in [-0.05, 0) is 31.2 Å². The van der Waals surface area contributed by atoms with E-state index in [2.05, 4.69) is 4.90 Å². The highest BCUT2D eigenvalue weighted by molar-refractivity contribution is 6.30. The summed E-state index contributed by atoms with van der Waals surface area (Å²) < 4.78 is 0. The van der Waals surface area contributed by atoms with E-state index < -0.39 is 6.10 Å². The van der Waals surface area contributed by atoms with Gasteiger partial charge in [0.25, 0.3) is 0 Å². The van der Waals surface area contributed by atoms with Gasteiger partial charge in [-0.3, -0.25) is 9.69 Å². The second-order valence-electron chi connectivity index (χ2n) is 5.42. The van der Waals surface area contributed by atoms with E-state index in [9.17, 15) is 9.90 Å². The Labute approximate surface area is 124 Å². The van der Waals surface area contributed by atoms with Gasteiger partial charge >= 0.3 is 0 Å². The van der Waals surface area contributed by atoms with E-state index in [0.717, 1.165) is 30.1 Å². The Morgan fingerprint density at radius 2 is 2.10 bits per heavy atom. The van der Waals surface area contributed by atoms with E-state index in [1.807, 2.05) is 31.3 Å². The third-order valence-corrected chi connectivity index (χ3v) is 3.74. The third kappa shape index (κ3) is 4.47. The van der Waals surface area contributed by atoms with Crippen molar-refractivity contribution in [1.82, 2.24) is 9.80 Å². The van der Waals surface area contributed by atoms with Crippen molar-refractivity contribution in [2.75, 3.05) is 26.7 Å². The normalized spacial score (nSPS) is 17.0. The van der Waals surface area contributed by atoms with Crippen LogP contribution in [-0.2, 0) is 11.3 Å². The number of nitrogens with zero attached hydrogens (tertiary/aromatic N) is 2. The molecule has 1 amide bonds. The first-order chi connectivity index (χ1) is 9.54. The van der Waals surface area contributed by atoms with E-state index >= 15 is 0 Å². The lowest BCUT2D eigenvalue weighted by Crippen LogP contribution is -2.39. The molecule has 1 atom stereocenters. The zero-order chi connectivity index (χ0) is 14.5. The van der Waals surface area contributed by atoms with E-state index in [4.69, 9.17) is 11.6 Å². The number of amides is 1. The lowest BCUT2D eigenvalue weighted by Gasteiger charge is -2.24. The number of likely N-dealkylation sites (N-methyl/N-ethyl adjacent to an activating group) is 1. The smallest absolute Gasteiger partial charge is 0.222 e. The standard InChI is InChI=1S/C15H21ClN2O2/c1-17(9-12-4-6-13(16)7-5-12)10-14(19)11-18-8-2-3-15(18)20/h4-7,14,19H,2-3,8-11H2,1H3. The number of carbonyl (C=O) groups excluding carboxylic acids is 1. The van der Waals surface area contributed by atoms with Gasteiger partial charge in [0.2, 0.25) is 5.91 Å². The lowest BCUT2D eigenvalue weighted by molar-refractivity contribution is -0.129. The predicted molar refractivity (Wildman–Crippen MR) is 79.6 cm³/mol. The van der Waals surface area contributed by atoms with Crippen molar-refractivity contribution in [3.05, 3.63) is 34.9 Å². The molecule has 1 aliphatic heterocycles. The Morgan fingerprint density at radius 1 is 1.40 bits per heavy atom. The minimum absolute atomic E-state index is 0.157. The van der Waals surface area contributed by atoms with Crippen molar-refractivity contribution < 1.29 is 9.90 Å². The highest BCUT2D eigenvalue weighted by Gasteiger charge is 2.22. The van der Waals surface area contributed by atoms with Crippen LogP contribution in [0.1, 0.15) is 18.4 Å². The maximum Gasteiger partial charge on any atom is 0.222 e. The minimum Gasteiger partial charge on any atom is -0.390 e. The van der Waals surface area contributed by atoms with E-state index in [1.54, 1.807) is 4.90 Å². The molecule has 1 heterocycles. The Morgan fingerprint density at radius 3 is 2.70 bits per heavy atom. The van der Waals surface area contributed by atoms with Crippen LogP contribution in [-0.4, -0.2) is 53.6 Å². The summed E-state index contributed by atoms with van der Waals surface area (Å²) in [6, 6.07) is 7.69. The van der Waals surface area contributed by atoms with E-state index in [0.29, 0.717) is 19.5 Å². The summed E-state index contributed by atoms with van der Waals surface area (Å²) in [5.74, 6) is 0.157. The molecule has 0 aromatic heterocycles. The van der Waals surface area contributed by atoms with Crippen LogP contribution >= 0.6 is 11.6 Å². The molecular weight excluding hydrogens is 276 g/mol. The summed E-state index contributed by atoms with van der Waals surface area (Å²) in [4.78, 5) is 15.3. The zero-order valence-corrected chi connectivity index (χ0v) is 12.5. The van der Waals surface area contributed by atoms with Crippen LogP contribution in [0.3, 0.4) is 0 Å². The predicted octanol–water partition coefficient (Wildman–Crippen LogP) is 1.76. The van der Waals surface area contributed by atoms with Crippen LogP contribution in [0.15, 0.2) is 24.3 Å². The first-order valence-corrected chi connectivity index (χ1v) is 7.31. The SMILES string of the molecule is CN(Cc1ccc(Cl)cc1)CC(O)CN1CCCC1=O. The number of likely N-dealkylation sites (tertiary alicyclic amines) is 1. The van der Waals surface area contributed by atoms with Crippen LogP contribution in [0.5, 0.6) is 0 Å². The number of aliphatic hydroxyl groups excluding tert-OH is 1. The van der Waals surface area contributed by atoms with E-state index in [1.165, 1.54) is 0 Å². The third-order valence-electron chi connectivity index (χ3n) is 3.49. The monoisotopic (exact) mass is 296 g/mol. The van der Waals surface area contributed by atoms with Gasteiger partial charge in [0.05, 0.1) is 6.10 Å². The molecule has 1 aliphatic rings. The molecule has 0 aliphatic carbocycles. The fourth-order valence-electron chi connectivity index (χ4n) is 2.54. The Hall–Kier alpha value is -1.10. The number of carbonyl (C=O) groups is 1. The molecule has 1 fully saturated rings. The van der Waals surface area contributed by atoms with Gasteiger partial charge in [0.1, 0.15) is 0 Å². The molecule has 20 heavy (non-hydrogen) atoms. The summed E-state index contributed by atoms with van der Waals surface area (Å²) >= 11 is 5.85. The molecule has 5 heteroatoms. The highest BCUT2D eigenvalue weighted by Crippen LogP contribution is 2.12. The average molecular weight is 297 g/mol. The number of aliphatic hydroxyl groups is 1. The first-order valence-electron chi connectivity index (χ1n) is 6.93. The molecule has 0 bridgehead atoms. The molecule has 1 aromatic rings. The summed E-state index contributed by atoms with van der Waals surface area (Å²) in [5.41, 5.74) is 1.15. The van der Waals surface area contributed by atoms with Gasteiger partial charge in [-0.2, -0.15) is 0 Å². The number of β-amino-alcohol motifs (C(OH)–C–C–N with tert-alkyl or cyclic N) is 1. The van der Waals surface area contributed by atoms with Crippen LogP contribution < -0.4 is 0 Å². The maximum absolute atomic E-state index is 11.5. The van der Waals surface area contributed by atoms with Crippen LogP contribution in [0.2, 0.25) is 5.02 Å². The summed E-state index contributed by atoms with van der Waals surface area (Å²) in [7, 11) is 1.96. The van der Waals surface area contributed by atoms with Crippen LogP contribution in [0.4, 0.5) is 0 Å². The fourth-order valence-corrected chi connectivity index (χ4v) is 2.66. The molecular formula is C15H21ClN2O2. The fraction of sp³-hybridized carbons (Fsp3) is 0.533. The van der Waals surface area contributed by atoms with Gasteiger partial charge in [-0.1, -0.05) is 23.7 Å². The van der Waals surface area contributed by atoms with Crippen molar-refractivity contribution in [3.8, 4) is 0 Å². The topological polar surface area (TPSA) is 43.8 Å². The molecule has 0 saturated carbocycles. The van der Waals surface area contributed by atoms with Gasteiger partial charge in [0.15, 0.2) is 0 Å². The van der Waals surface area contributed by atoms with Gasteiger partial charge < -0.3 is 10.0 Å². The number of hydrogen-bond donors (Lipinski definition) is 1. The quantitative estimate of drug-likeness (QED) is 0.870. The molecule has 1 aromatic carbocycles. The summed E-state index contributed by atoms with van der Waals surface area (Å²) in [6.45, 7) is 2.51. The Balaban J connectivity index is 1.77. The molecule has 2 rings (SSSR count). The molecule has 110 valence electrons. The van der Waals surface area contributed by atoms with Gasteiger partial charge in [-0.15, -0.1) is 0 Å². The van der Waals surface area contributed by atoms with Crippen LogP contribution in [0, 0.1) is 0 Å². The van der Waals surface area contributed by atoms with Crippen molar-refractivity contribution in [1.29, 1.82) is 0 Å². The average Bonchev–Trinajstić information content (AvgIpc) is 2.77. The van der Waals surface area contributed by atoms with Gasteiger partial charge in [0, 0.05) is 37.6 Å². The van der Waals surface area contributed by atoms with Crippen molar-refractivity contribution in [2.24, 2.45) is 0 Å². The Kier molecular flexibility index (Phi) is 5.40. The van der Waals surface area contributed by atoms with Crippen molar-refractivity contribution >= 4 is 17.5 Å². The summed E-state index contributed by atoms with van der Waals surface area (Å²) in [6.07, 6.45) is 1.02. The number of hydrogen-bond acceptors (Lipinski definition) is 3. The number of halogens is 1. The second-order valence-corrected chi connectivity index (χ2v) is 5.86. The molecule has 1 N–H and O–H groups in total. The van der Waals surface area contributed by atoms with E-state index in [-0.39, 0.29) is 5.91 Å². The van der Waals surface area contributed by atoms with Crippen molar-refractivity contribution in [2.45, 2.75) is 25.5 Å². The number of rotatable bonds is 6. The van der Waals surface area contributed by atoms with Gasteiger partial charge in [-0.25, -0.2) is 0 Å². The summed E-state index contributed by atoms with van der Waals surface area (Å²) in [5, 5.41) is 10.8. The largest absolute Gasteiger partial charge is 0.390 e. The van der Waals surface area contributed by atoms with Crippen molar-refractivity contribution in [3.63, 3.8) is 0 Å². The lowest BCUT2D eigenvalue weighted by atomic mass is 10.2. The highest BCUT2D eigenvalue weighted by atomic mass is 35.5. The molecule has 0 spiro atoms. The first kappa shape index (κ1) is 15.3. The zero-order valence-electron chi connectivity index (χ0n) is 11.8. The van der Waals surface area contributed by atoms with Crippen LogP contribution in [0.25, 0.3) is 0 Å². The Bertz CT molecular complexity index is 450. The molecule has 1 unspecified atom stereocenters. The minimum atomic E-state index is -0.505. The second kappa shape index (κ2) is 7.07. The maximum atomic E-state index is 11.5. The number of benzene rings is 1. The molecule has 0 radical (unpaired) electrons. The molecule has 1 saturated heterocycles. The molecule has 4 nitrogen and oxygen atoms in total.